The minimum atomic E-state index is -0.605. The van der Waals surface area contributed by atoms with Crippen molar-refractivity contribution in [2.45, 2.75) is 110 Å². The fourth-order valence-corrected chi connectivity index (χ4v) is 5.71. The number of ketones is 1. The lowest BCUT2D eigenvalue weighted by Crippen LogP contribution is -2.30. The molecule has 0 radical (unpaired) electrons. The average molecular weight is 597 g/mol. The summed E-state index contributed by atoms with van der Waals surface area (Å²) in [4.78, 5) is 28.0. The number of amides is 1. The Bertz CT molecular complexity index is 1070. The minimum absolute atomic E-state index is 0.107. The maximum absolute atomic E-state index is 13.2. The van der Waals surface area contributed by atoms with Gasteiger partial charge in [0.05, 0.1) is 11.6 Å². The van der Waals surface area contributed by atoms with E-state index in [9.17, 15) is 14.7 Å². The lowest BCUT2D eigenvalue weighted by Gasteiger charge is -2.25. The van der Waals surface area contributed by atoms with Gasteiger partial charge in [0.25, 0.3) is 11.7 Å². The SMILES string of the molecule is CCCCCCCCCCCCCCCCN1C(=O)C(=O)/C(=C(\O)c2ccc(C)cc2)C1c1ccc(Br)cc1. The van der Waals surface area contributed by atoms with Gasteiger partial charge in [0, 0.05) is 16.6 Å². The van der Waals surface area contributed by atoms with Crippen LogP contribution in [0.2, 0.25) is 0 Å². The van der Waals surface area contributed by atoms with E-state index in [2.05, 4.69) is 22.9 Å². The summed E-state index contributed by atoms with van der Waals surface area (Å²) in [6, 6.07) is 14.5. The van der Waals surface area contributed by atoms with Crippen LogP contribution in [-0.2, 0) is 9.59 Å². The van der Waals surface area contributed by atoms with Gasteiger partial charge in [0.2, 0.25) is 0 Å². The number of aliphatic hydroxyl groups is 1. The highest BCUT2D eigenvalue weighted by Crippen LogP contribution is 2.40. The van der Waals surface area contributed by atoms with E-state index in [1.165, 1.54) is 70.6 Å². The quantitative estimate of drug-likeness (QED) is 0.0856. The molecule has 1 amide bonds. The zero-order valence-electron chi connectivity index (χ0n) is 23.9. The highest BCUT2D eigenvalue weighted by atomic mass is 79.9. The van der Waals surface area contributed by atoms with E-state index in [1.807, 2.05) is 43.3 Å². The third kappa shape index (κ3) is 9.34. The van der Waals surface area contributed by atoms with Crippen LogP contribution in [-0.4, -0.2) is 28.2 Å². The van der Waals surface area contributed by atoms with Crippen molar-refractivity contribution in [3.05, 3.63) is 75.3 Å². The van der Waals surface area contributed by atoms with Gasteiger partial charge >= 0.3 is 0 Å². The number of Topliss-reactive ketones (excluding diaryl/α,β-unsaturated/α-hetero) is 1. The number of carbonyl (C=O) groups excluding carboxylic acids is 2. The molecule has 39 heavy (non-hydrogen) atoms. The summed E-state index contributed by atoms with van der Waals surface area (Å²) in [5.74, 6) is -1.23. The van der Waals surface area contributed by atoms with Gasteiger partial charge < -0.3 is 10.0 Å². The first-order chi connectivity index (χ1) is 18.9. The second-order valence-electron chi connectivity index (χ2n) is 11.0. The summed E-state index contributed by atoms with van der Waals surface area (Å²) in [6.07, 6.45) is 17.8. The Labute approximate surface area is 244 Å². The van der Waals surface area contributed by atoms with Crippen LogP contribution in [0.5, 0.6) is 0 Å². The molecule has 1 N–H and O–H groups in total. The second-order valence-corrected chi connectivity index (χ2v) is 11.9. The predicted octanol–water partition coefficient (Wildman–Crippen LogP) is 9.66. The van der Waals surface area contributed by atoms with Gasteiger partial charge in [-0.05, 0) is 31.0 Å². The highest BCUT2D eigenvalue weighted by Gasteiger charge is 2.45. The van der Waals surface area contributed by atoms with Crippen LogP contribution in [0.15, 0.2) is 58.6 Å². The summed E-state index contributed by atoms with van der Waals surface area (Å²) in [6.45, 7) is 4.75. The molecule has 1 saturated heterocycles. The van der Waals surface area contributed by atoms with E-state index in [0.717, 1.165) is 34.9 Å². The highest BCUT2D eigenvalue weighted by molar-refractivity contribution is 9.10. The molecule has 2 aromatic carbocycles. The van der Waals surface area contributed by atoms with Crippen molar-refractivity contribution in [2.24, 2.45) is 0 Å². The zero-order valence-corrected chi connectivity index (χ0v) is 25.5. The molecule has 0 aromatic heterocycles. The molecule has 0 bridgehead atoms. The number of carbonyl (C=O) groups is 2. The van der Waals surface area contributed by atoms with E-state index < -0.39 is 17.7 Å². The van der Waals surface area contributed by atoms with Gasteiger partial charge in [-0.1, -0.05) is 148 Å². The standard InChI is InChI=1S/C34H46BrNO3/c1-3-4-5-6-7-8-9-10-11-12-13-14-15-16-25-36-31(27-21-23-29(35)24-22-27)30(33(38)34(36)39)32(37)28-19-17-26(2)18-20-28/h17-24,31,37H,3-16,25H2,1-2H3/b32-30-. The molecule has 2 aromatic rings. The van der Waals surface area contributed by atoms with E-state index in [1.54, 1.807) is 17.0 Å². The lowest BCUT2D eigenvalue weighted by molar-refractivity contribution is -0.139. The van der Waals surface area contributed by atoms with Crippen LogP contribution >= 0.6 is 15.9 Å². The molecule has 0 aliphatic carbocycles. The zero-order chi connectivity index (χ0) is 28.0. The Morgan fingerprint density at radius 3 is 1.74 bits per heavy atom. The average Bonchev–Trinajstić information content (AvgIpc) is 3.18. The molecule has 0 spiro atoms. The Balaban J connectivity index is 1.52. The maximum atomic E-state index is 13.2. The largest absolute Gasteiger partial charge is 0.507 e. The molecule has 1 aliphatic rings. The molecular weight excluding hydrogens is 550 g/mol. The minimum Gasteiger partial charge on any atom is -0.507 e. The van der Waals surface area contributed by atoms with Crippen LogP contribution in [0.1, 0.15) is 120 Å². The van der Waals surface area contributed by atoms with Crippen molar-refractivity contribution in [1.29, 1.82) is 0 Å². The summed E-state index contributed by atoms with van der Waals surface area (Å²) in [5.41, 5.74) is 2.62. The van der Waals surface area contributed by atoms with Crippen molar-refractivity contribution >= 4 is 33.4 Å². The summed E-state index contributed by atoms with van der Waals surface area (Å²) in [7, 11) is 0. The summed E-state index contributed by atoms with van der Waals surface area (Å²) >= 11 is 3.47. The van der Waals surface area contributed by atoms with Gasteiger partial charge in [-0.15, -0.1) is 0 Å². The Morgan fingerprint density at radius 2 is 1.23 bits per heavy atom. The van der Waals surface area contributed by atoms with Gasteiger partial charge in [0.15, 0.2) is 0 Å². The number of likely N-dealkylation sites (tertiary alicyclic amines) is 1. The molecular formula is C34H46BrNO3. The van der Waals surface area contributed by atoms with Crippen molar-refractivity contribution in [3.8, 4) is 0 Å². The number of benzene rings is 2. The molecule has 1 aliphatic heterocycles. The van der Waals surface area contributed by atoms with Crippen molar-refractivity contribution < 1.29 is 14.7 Å². The third-order valence-electron chi connectivity index (χ3n) is 7.80. The van der Waals surface area contributed by atoms with E-state index in [-0.39, 0.29) is 11.3 Å². The molecule has 1 heterocycles. The number of aliphatic hydroxyl groups excluding tert-OH is 1. The lowest BCUT2D eigenvalue weighted by atomic mass is 9.95. The molecule has 1 fully saturated rings. The van der Waals surface area contributed by atoms with Crippen molar-refractivity contribution in [1.82, 2.24) is 4.90 Å². The van der Waals surface area contributed by atoms with E-state index >= 15 is 0 Å². The summed E-state index contributed by atoms with van der Waals surface area (Å²) < 4.78 is 0.925. The van der Waals surface area contributed by atoms with E-state index in [0.29, 0.717) is 12.1 Å². The van der Waals surface area contributed by atoms with Crippen LogP contribution in [0.25, 0.3) is 5.76 Å². The fraction of sp³-hybridized carbons (Fsp3) is 0.529. The Kier molecular flexibility index (Phi) is 13.3. The molecule has 0 saturated carbocycles. The molecule has 3 rings (SSSR count). The third-order valence-corrected chi connectivity index (χ3v) is 8.33. The van der Waals surface area contributed by atoms with Crippen LogP contribution in [0, 0.1) is 6.92 Å². The first-order valence-corrected chi connectivity index (χ1v) is 15.8. The summed E-state index contributed by atoms with van der Waals surface area (Å²) in [5, 5.41) is 11.2. The predicted molar refractivity (Wildman–Crippen MR) is 165 cm³/mol. The Morgan fingerprint density at radius 1 is 0.744 bits per heavy atom. The first-order valence-electron chi connectivity index (χ1n) is 15.0. The maximum Gasteiger partial charge on any atom is 0.295 e. The van der Waals surface area contributed by atoms with Crippen LogP contribution in [0.3, 0.4) is 0 Å². The first kappa shape index (κ1) is 31.1. The van der Waals surface area contributed by atoms with Crippen molar-refractivity contribution in [3.63, 3.8) is 0 Å². The smallest absolute Gasteiger partial charge is 0.295 e. The number of rotatable bonds is 17. The number of unbranched alkanes of at least 4 members (excludes halogenated alkanes) is 13. The fourth-order valence-electron chi connectivity index (χ4n) is 5.45. The van der Waals surface area contributed by atoms with Crippen molar-refractivity contribution in [2.75, 3.05) is 6.54 Å². The topological polar surface area (TPSA) is 57.6 Å². The normalized spacial score (nSPS) is 16.8. The van der Waals surface area contributed by atoms with Gasteiger partial charge in [-0.3, -0.25) is 9.59 Å². The molecule has 5 heteroatoms. The number of aryl methyl sites for hydroxylation is 1. The number of nitrogens with zero attached hydrogens (tertiary/aromatic N) is 1. The van der Waals surface area contributed by atoms with Gasteiger partial charge in [-0.25, -0.2) is 0 Å². The molecule has 1 unspecified atom stereocenters. The van der Waals surface area contributed by atoms with Gasteiger partial charge in [-0.2, -0.15) is 0 Å². The number of halogens is 1. The van der Waals surface area contributed by atoms with Gasteiger partial charge in [0.1, 0.15) is 5.76 Å². The Hall–Kier alpha value is -2.40. The molecule has 212 valence electrons. The number of hydrogen-bond acceptors (Lipinski definition) is 3. The number of hydrogen-bond donors (Lipinski definition) is 1. The molecule has 4 nitrogen and oxygen atoms in total. The van der Waals surface area contributed by atoms with E-state index in [4.69, 9.17) is 0 Å². The van der Waals surface area contributed by atoms with Crippen LogP contribution < -0.4 is 0 Å². The second kappa shape index (κ2) is 16.6. The molecule has 1 atom stereocenters. The van der Waals surface area contributed by atoms with Crippen LogP contribution in [0.4, 0.5) is 0 Å². The monoisotopic (exact) mass is 595 g/mol.